The van der Waals surface area contributed by atoms with Crippen LogP contribution in [0.4, 0.5) is 22.7 Å². The van der Waals surface area contributed by atoms with Gasteiger partial charge < -0.3 is 15.3 Å². The third kappa shape index (κ3) is 9.45. The molecule has 19 nitrogen and oxygen atoms in total. The number of nitrogens with zero attached hydrogens (tertiary/aromatic N) is 9. The summed E-state index contributed by atoms with van der Waals surface area (Å²) in [5.41, 5.74) is 8.91. The second-order valence-electron chi connectivity index (χ2n) is 16.1. The van der Waals surface area contributed by atoms with Gasteiger partial charge in [0.05, 0.1) is 34.0 Å². The predicted molar refractivity (Wildman–Crippen MR) is 259 cm³/mol. The fourth-order valence-corrected chi connectivity index (χ4v) is 7.29. The number of phenolic OH excluding ortho intramolecular Hbond substituents is 2. The Morgan fingerprint density at radius 2 is 1.01 bits per heavy atom. The van der Waals surface area contributed by atoms with Gasteiger partial charge in [-0.25, -0.2) is 24.1 Å². The van der Waals surface area contributed by atoms with E-state index in [2.05, 4.69) is 46.2 Å². The molecule has 0 atom stereocenters. The Labute approximate surface area is 392 Å². The second kappa shape index (κ2) is 19.1. The Hall–Kier alpha value is -9.52. The van der Waals surface area contributed by atoms with Crippen LogP contribution >= 0.6 is 0 Å². The molecule has 3 aromatic heterocycles. The van der Waals surface area contributed by atoms with Gasteiger partial charge in [-0.05, 0) is 146 Å². The summed E-state index contributed by atoms with van der Waals surface area (Å²) in [5.74, 6) is -1.34. The van der Waals surface area contributed by atoms with Crippen LogP contribution in [0.1, 0.15) is 44.0 Å². The van der Waals surface area contributed by atoms with E-state index in [-0.39, 0.29) is 50.9 Å². The van der Waals surface area contributed by atoms with Crippen LogP contribution in [0.3, 0.4) is 0 Å². The molecule has 0 aliphatic carbocycles. The van der Waals surface area contributed by atoms with Crippen molar-refractivity contribution in [2.75, 3.05) is 0 Å². The molecule has 0 fully saturated rings. The lowest BCUT2D eigenvalue weighted by molar-refractivity contribution is 0.0697. The second-order valence-corrected chi connectivity index (χ2v) is 16.1. The first-order chi connectivity index (χ1) is 33.1. The van der Waals surface area contributed by atoms with E-state index in [0.29, 0.717) is 50.7 Å². The van der Waals surface area contributed by atoms with Crippen molar-refractivity contribution in [3.8, 4) is 50.8 Å². The average Bonchev–Trinajstić information content (AvgIpc) is 3.99. The molecular weight excluding hydrogens is 881 g/mol. The fourth-order valence-electron chi connectivity index (χ4n) is 7.29. The molecule has 0 amide bonds. The van der Waals surface area contributed by atoms with Gasteiger partial charge in [0.15, 0.2) is 22.9 Å². The summed E-state index contributed by atoms with van der Waals surface area (Å²) < 4.78 is 3.94. The lowest BCUT2D eigenvalue weighted by Crippen LogP contribution is -2.15. The molecule has 0 aliphatic heterocycles. The number of aromatic amines is 3. The Morgan fingerprint density at radius 3 is 1.48 bits per heavy atom. The van der Waals surface area contributed by atoms with Crippen LogP contribution in [-0.4, -0.2) is 61.1 Å². The maximum absolute atomic E-state index is 13.0. The molecule has 6 aromatic carbocycles. The topological polar surface area (TPSA) is 266 Å². The molecule has 0 radical (unpaired) electrons. The van der Waals surface area contributed by atoms with Gasteiger partial charge in [-0.3, -0.25) is 19.8 Å². The lowest BCUT2D eigenvalue weighted by atomic mass is 10.0. The van der Waals surface area contributed by atoms with Crippen molar-refractivity contribution < 1.29 is 20.1 Å². The molecule has 6 N–H and O–H groups in total. The molecule has 9 rings (SSSR count). The number of aromatic hydroxyl groups is 2. The van der Waals surface area contributed by atoms with Crippen molar-refractivity contribution in [2.45, 2.75) is 41.5 Å². The van der Waals surface area contributed by atoms with E-state index in [0.717, 1.165) is 26.9 Å². The number of aromatic nitrogens is 8. The molecule has 19 heteroatoms. The molecule has 3 heterocycles. The fraction of sp³-hybridized carbons (Fsp3) is 0.120. The molecular formula is C50H44N12O7. The van der Waals surface area contributed by atoms with E-state index in [9.17, 15) is 34.5 Å². The number of azo groups is 2. The van der Waals surface area contributed by atoms with Gasteiger partial charge in [-0.2, -0.15) is 4.68 Å². The monoisotopic (exact) mass is 924 g/mol. The van der Waals surface area contributed by atoms with E-state index >= 15 is 0 Å². The van der Waals surface area contributed by atoms with Crippen molar-refractivity contribution in [1.29, 1.82) is 0 Å². The summed E-state index contributed by atoms with van der Waals surface area (Å²) in [5, 5.41) is 63.0. The number of rotatable bonds is 10. The average molecular weight is 925 g/mol. The van der Waals surface area contributed by atoms with Crippen LogP contribution in [0.25, 0.3) is 39.3 Å². The first kappa shape index (κ1) is 46.0. The van der Waals surface area contributed by atoms with Gasteiger partial charge in [0, 0.05) is 11.1 Å². The number of para-hydroxylation sites is 2. The first-order valence-corrected chi connectivity index (χ1v) is 21.3. The highest BCUT2D eigenvalue weighted by molar-refractivity contribution is 5.90. The summed E-state index contributed by atoms with van der Waals surface area (Å²) in [7, 11) is 0. The minimum atomic E-state index is -1.06. The Kier molecular flexibility index (Phi) is 12.8. The molecule has 69 heavy (non-hydrogen) atoms. The number of aryl methyl sites for hydroxylation is 6. The van der Waals surface area contributed by atoms with Crippen molar-refractivity contribution in [1.82, 2.24) is 39.8 Å². The van der Waals surface area contributed by atoms with Gasteiger partial charge in [0.2, 0.25) is 0 Å². The number of carbonyl (C=O) groups is 1. The van der Waals surface area contributed by atoms with E-state index in [1.165, 1.54) is 21.5 Å². The number of hydrogen-bond donors (Lipinski definition) is 6. The van der Waals surface area contributed by atoms with E-state index in [4.69, 9.17) is 0 Å². The number of phenols is 2. The molecule has 346 valence electrons. The van der Waals surface area contributed by atoms with Crippen molar-refractivity contribution in [3.63, 3.8) is 0 Å². The summed E-state index contributed by atoms with van der Waals surface area (Å²) in [6.45, 7) is 11.4. The molecule has 0 spiro atoms. The normalized spacial score (nSPS) is 11.3. The maximum Gasteiger partial charge on any atom is 0.365 e. The number of tetrazole rings is 1. The van der Waals surface area contributed by atoms with Gasteiger partial charge in [0.25, 0.3) is 11.1 Å². The van der Waals surface area contributed by atoms with Gasteiger partial charge in [0.1, 0.15) is 11.4 Å². The Morgan fingerprint density at radius 1 is 0.536 bits per heavy atom. The predicted octanol–water partition coefficient (Wildman–Crippen LogP) is 9.72. The zero-order chi connectivity index (χ0) is 49.1. The summed E-state index contributed by atoms with van der Waals surface area (Å²) in [6.07, 6.45) is 0. The van der Waals surface area contributed by atoms with Crippen LogP contribution in [0, 0.1) is 41.5 Å². The molecule has 0 saturated carbocycles. The maximum atomic E-state index is 13.0. The zero-order valence-corrected chi connectivity index (χ0v) is 38.0. The number of hydrogen-bond acceptors (Lipinski definition) is 12. The highest BCUT2D eigenvalue weighted by Gasteiger charge is 2.17. The third-order valence-electron chi connectivity index (χ3n) is 11.4. The van der Waals surface area contributed by atoms with Crippen LogP contribution < -0.4 is 16.8 Å². The van der Waals surface area contributed by atoms with Crippen molar-refractivity contribution in [3.05, 3.63) is 192 Å². The number of carboxylic acids is 1. The minimum absolute atomic E-state index is 0.105. The molecule has 0 unspecified atom stereocenters. The minimum Gasteiger partial charge on any atom is -0.505 e. The molecule has 0 bridgehead atoms. The first-order valence-electron chi connectivity index (χ1n) is 21.3. The van der Waals surface area contributed by atoms with Crippen LogP contribution in [0.15, 0.2) is 156 Å². The third-order valence-corrected chi connectivity index (χ3v) is 11.4. The Bertz CT molecular complexity index is 3680. The molecule has 0 saturated heterocycles. The van der Waals surface area contributed by atoms with Gasteiger partial charge in [-0.15, -0.1) is 20.5 Å². The number of aromatic carboxylic acids is 1. The Balaban J connectivity index is 0.000000187. The standard InChI is InChI=1S/C25H22N8O3.C25H22N4O4/c1-14-10-11-19(12-15(14)2)32-24(35)22(16(3)29-32)27-26-21-9-5-8-20(23(21)34)17-6-4-7-18(13-17)33-25(36)28-30-31-33;1-14-10-11-19(12-15(14)2)29-24(31)22(16(3)28-29)27-26-21-9-5-8-20(23(21)30)17-6-4-7-18(13-17)25(32)33/h4-13,29,34H,1-3H3,(H,28,31,36);4-13,28,30H,1-3H3,(H,32,33). The summed E-state index contributed by atoms with van der Waals surface area (Å²) in [6, 6.07) is 34.5. The number of carboxylic acid groups (broad SMARTS) is 1. The smallest absolute Gasteiger partial charge is 0.365 e. The van der Waals surface area contributed by atoms with Crippen LogP contribution in [0.5, 0.6) is 11.5 Å². The van der Waals surface area contributed by atoms with E-state index in [1.54, 1.807) is 86.6 Å². The largest absolute Gasteiger partial charge is 0.505 e. The zero-order valence-electron chi connectivity index (χ0n) is 38.0. The van der Waals surface area contributed by atoms with Crippen LogP contribution in [0.2, 0.25) is 0 Å². The summed E-state index contributed by atoms with van der Waals surface area (Å²) >= 11 is 0. The van der Waals surface area contributed by atoms with Gasteiger partial charge >= 0.3 is 11.7 Å². The number of benzene rings is 6. The quantitative estimate of drug-likeness (QED) is 0.0712. The van der Waals surface area contributed by atoms with Gasteiger partial charge in [-0.1, -0.05) is 60.7 Å². The molecule has 0 aliphatic rings. The highest BCUT2D eigenvalue weighted by atomic mass is 16.4. The van der Waals surface area contributed by atoms with E-state index in [1.807, 2.05) is 64.1 Å². The lowest BCUT2D eigenvalue weighted by Gasteiger charge is -2.08. The number of nitrogens with one attached hydrogen (secondary N) is 3. The SMILES string of the molecule is Cc1ccc(-n2[nH]c(C)c(N=Nc3cccc(-c4cccc(-n5nn[nH]c5=O)c4)c3O)c2=O)cc1C.Cc1ccc(-n2[nH]c(C)c(N=Nc3cccc(-c4cccc(C(=O)O)c4)c3O)c2=O)cc1C. The number of H-pyrrole nitrogens is 3. The highest BCUT2D eigenvalue weighted by Crippen LogP contribution is 2.39. The van der Waals surface area contributed by atoms with Crippen LogP contribution in [-0.2, 0) is 0 Å². The van der Waals surface area contributed by atoms with E-state index < -0.39 is 11.7 Å². The molecule has 9 aromatic rings. The van der Waals surface area contributed by atoms with Crippen molar-refractivity contribution in [2.24, 2.45) is 20.5 Å². The summed E-state index contributed by atoms with van der Waals surface area (Å²) in [4.78, 5) is 49.1. The van der Waals surface area contributed by atoms with Crippen molar-refractivity contribution >= 4 is 28.7 Å².